The Bertz CT molecular complexity index is 469. The van der Waals surface area contributed by atoms with E-state index in [0.717, 1.165) is 31.7 Å². The van der Waals surface area contributed by atoms with Crippen molar-refractivity contribution in [2.75, 3.05) is 32.8 Å². The fraction of sp³-hybridized carbons (Fsp3) is 0.625. The van der Waals surface area contributed by atoms with Gasteiger partial charge in [0.25, 0.3) is 0 Å². The summed E-state index contributed by atoms with van der Waals surface area (Å²) in [5, 5.41) is 3.24. The number of hydrogen-bond acceptors (Lipinski definition) is 3. The smallest absolute Gasteiger partial charge is 0.389 e. The molecule has 0 unspecified atom stereocenters. The minimum atomic E-state index is -4.13. The second-order valence-electron chi connectivity index (χ2n) is 5.43. The molecule has 0 amide bonds. The van der Waals surface area contributed by atoms with Gasteiger partial charge in [0, 0.05) is 44.2 Å². The van der Waals surface area contributed by atoms with Crippen molar-refractivity contribution in [1.82, 2.24) is 10.2 Å². The van der Waals surface area contributed by atoms with Crippen LogP contribution < -0.4 is 10.1 Å². The number of alkyl halides is 3. The molecule has 1 N–H and O–H groups in total. The molecule has 24 heavy (non-hydrogen) atoms. The first-order valence-corrected chi connectivity index (χ1v) is 7.74. The lowest BCUT2D eigenvalue weighted by Crippen LogP contribution is -2.45. The first-order valence-electron chi connectivity index (χ1n) is 7.74. The van der Waals surface area contributed by atoms with E-state index < -0.39 is 12.6 Å². The minimum Gasteiger partial charge on any atom is -0.494 e. The van der Waals surface area contributed by atoms with Crippen molar-refractivity contribution in [2.45, 2.75) is 32.0 Å². The summed E-state index contributed by atoms with van der Waals surface area (Å²) in [5.74, 6) is 0.690. The summed E-state index contributed by atoms with van der Waals surface area (Å²) in [6, 6.07) is 7.18. The Labute approximate surface area is 153 Å². The molecule has 0 saturated carbocycles. The van der Waals surface area contributed by atoms with Crippen molar-refractivity contribution < 1.29 is 17.9 Å². The Kier molecular flexibility index (Phi) is 10.7. The normalized spacial score (nSPS) is 16.7. The zero-order valence-corrected chi connectivity index (χ0v) is 15.3. The molecule has 0 bridgehead atoms. The SMILES string of the molecule is CCOc1ccccc1[C@H](CCC(F)(F)F)N1CCNCC1.Cl.Cl. The van der Waals surface area contributed by atoms with Gasteiger partial charge in [0.1, 0.15) is 5.75 Å². The fourth-order valence-corrected chi connectivity index (χ4v) is 2.87. The molecule has 1 heterocycles. The Hall–Kier alpha value is -0.690. The van der Waals surface area contributed by atoms with E-state index in [1.807, 2.05) is 31.2 Å². The molecule has 2 rings (SSSR count). The van der Waals surface area contributed by atoms with Gasteiger partial charge in [-0.2, -0.15) is 13.2 Å². The van der Waals surface area contributed by atoms with Crippen molar-refractivity contribution in [1.29, 1.82) is 0 Å². The zero-order chi connectivity index (χ0) is 16.0. The maximum atomic E-state index is 12.7. The summed E-state index contributed by atoms with van der Waals surface area (Å²) in [6.07, 6.45) is -4.84. The van der Waals surface area contributed by atoms with Crippen molar-refractivity contribution in [2.24, 2.45) is 0 Å². The number of benzene rings is 1. The van der Waals surface area contributed by atoms with Gasteiger partial charge in [-0.05, 0) is 19.4 Å². The van der Waals surface area contributed by atoms with E-state index >= 15 is 0 Å². The number of ether oxygens (including phenoxy) is 1. The first kappa shape index (κ1) is 23.3. The van der Waals surface area contributed by atoms with E-state index in [0.29, 0.717) is 12.4 Å². The molecule has 140 valence electrons. The van der Waals surface area contributed by atoms with Crippen LogP contribution in [-0.4, -0.2) is 43.9 Å². The van der Waals surface area contributed by atoms with Crippen LogP contribution in [0.15, 0.2) is 24.3 Å². The van der Waals surface area contributed by atoms with Crippen LogP contribution in [0.3, 0.4) is 0 Å². The molecule has 8 heteroatoms. The second-order valence-corrected chi connectivity index (χ2v) is 5.43. The molecular weight excluding hydrogens is 364 g/mol. The standard InChI is InChI=1S/C16H23F3N2O.2ClH/c1-2-22-15-6-4-3-5-13(15)14(7-8-16(17,18)19)21-11-9-20-10-12-21;;/h3-6,14,20H,2,7-12H2,1H3;2*1H/t14-;;/m0../s1. The number of hydrogen-bond donors (Lipinski definition) is 1. The lowest BCUT2D eigenvalue weighted by molar-refractivity contribution is -0.138. The highest BCUT2D eigenvalue weighted by atomic mass is 35.5. The van der Waals surface area contributed by atoms with Crippen molar-refractivity contribution in [3.05, 3.63) is 29.8 Å². The van der Waals surface area contributed by atoms with E-state index in [2.05, 4.69) is 10.2 Å². The number of halogens is 5. The van der Waals surface area contributed by atoms with E-state index in [9.17, 15) is 13.2 Å². The third kappa shape index (κ3) is 7.05. The lowest BCUT2D eigenvalue weighted by Gasteiger charge is -2.36. The molecule has 0 spiro atoms. The highest BCUT2D eigenvalue weighted by Gasteiger charge is 2.32. The lowest BCUT2D eigenvalue weighted by atomic mass is 9.98. The predicted octanol–water partition coefficient (Wildman–Crippen LogP) is 4.22. The Morgan fingerprint density at radius 1 is 1.17 bits per heavy atom. The van der Waals surface area contributed by atoms with E-state index in [4.69, 9.17) is 4.74 Å². The number of nitrogens with one attached hydrogen (secondary N) is 1. The van der Waals surface area contributed by atoms with Gasteiger partial charge in [-0.1, -0.05) is 18.2 Å². The monoisotopic (exact) mass is 388 g/mol. The average molecular weight is 389 g/mol. The number of nitrogens with zero attached hydrogens (tertiary/aromatic N) is 1. The number of para-hydroxylation sites is 1. The Balaban J connectivity index is 0.00000264. The van der Waals surface area contributed by atoms with Crippen LogP contribution in [0, 0.1) is 0 Å². The number of piperazine rings is 1. The van der Waals surface area contributed by atoms with Gasteiger partial charge in [0.15, 0.2) is 0 Å². The van der Waals surface area contributed by atoms with E-state index in [-0.39, 0.29) is 37.3 Å². The van der Waals surface area contributed by atoms with Gasteiger partial charge in [-0.25, -0.2) is 0 Å². The zero-order valence-electron chi connectivity index (χ0n) is 13.6. The molecular formula is C16H25Cl2F3N2O. The van der Waals surface area contributed by atoms with Crippen LogP contribution in [0.2, 0.25) is 0 Å². The Morgan fingerprint density at radius 2 is 1.79 bits per heavy atom. The topological polar surface area (TPSA) is 24.5 Å². The van der Waals surface area contributed by atoms with Crippen LogP contribution in [0.1, 0.15) is 31.4 Å². The van der Waals surface area contributed by atoms with Gasteiger partial charge in [-0.3, -0.25) is 4.90 Å². The molecule has 1 saturated heterocycles. The molecule has 3 nitrogen and oxygen atoms in total. The van der Waals surface area contributed by atoms with Crippen LogP contribution in [0.25, 0.3) is 0 Å². The van der Waals surface area contributed by atoms with Crippen LogP contribution in [-0.2, 0) is 0 Å². The molecule has 1 fully saturated rings. The fourth-order valence-electron chi connectivity index (χ4n) is 2.87. The molecule has 1 aromatic carbocycles. The minimum absolute atomic E-state index is 0. The summed E-state index contributed by atoms with van der Waals surface area (Å²) in [6.45, 7) is 5.50. The van der Waals surface area contributed by atoms with Crippen molar-refractivity contribution in [3.63, 3.8) is 0 Å². The van der Waals surface area contributed by atoms with Gasteiger partial charge in [-0.15, -0.1) is 24.8 Å². The summed E-state index contributed by atoms with van der Waals surface area (Å²) in [7, 11) is 0. The summed E-state index contributed by atoms with van der Waals surface area (Å²) < 4.78 is 43.7. The molecule has 1 aliphatic rings. The van der Waals surface area contributed by atoms with Gasteiger partial charge in [0.2, 0.25) is 0 Å². The summed E-state index contributed by atoms with van der Waals surface area (Å²) >= 11 is 0. The Morgan fingerprint density at radius 3 is 2.38 bits per heavy atom. The average Bonchev–Trinajstić information content (AvgIpc) is 2.49. The number of rotatable bonds is 6. The molecule has 1 aromatic rings. The van der Waals surface area contributed by atoms with Gasteiger partial charge >= 0.3 is 6.18 Å². The van der Waals surface area contributed by atoms with E-state index in [1.54, 1.807) is 0 Å². The van der Waals surface area contributed by atoms with E-state index in [1.165, 1.54) is 0 Å². The molecule has 1 aliphatic heterocycles. The molecule has 0 aliphatic carbocycles. The van der Waals surface area contributed by atoms with Gasteiger partial charge in [0.05, 0.1) is 6.61 Å². The summed E-state index contributed by atoms with van der Waals surface area (Å²) in [5.41, 5.74) is 0.857. The van der Waals surface area contributed by atoms with Crippen LogP contribution >= 0.6 is 24.8 Å². The third-order valence-electron chi connectivity index (χ3n) is 3.87. The maximum absolute atomic E-state index is 12.7. The maximum Gasteiger partial charge on any atom is 0.389 e. The highest BCUT2D eigenvalue weighted by Crippen LogP contribution is 2.36. The summed E-state index contributed by atoms with van der Waals surface area (Å²) in [4.78, 5) is 2.13. The van der Waals surface area contributed by atoms with Gasteiger partial charge < -0.3 is 10.1 Å². The quantitative estimate of drug-likeness (QED) is 0.789. The first-order chi connectivity index (χ1) is 10.5. The second kappa shape index (κ2) is 11.0. The van der Waals surface area contributed by atoms with Crippen LogP contribution in [0.4, 0.5) is 13.2 Å². The third-order valence-corrected chi connectivity index (χ3v) is 3.87. The largest absolute Gasteiger partial charge is 0.494 e. The molecule has 1 atom stereocenters. The van der Waals surface area contributed by atoms with Crippen molar-refractivity contribution in [3.8, 4) is 5.75 Å². The predicted molar refractivity (Wildman–Crippen MR) is 94.6 cm³/mol. The van der Waals surface area contributed by atoms with Crippen LogP contribution in [0.5, 0.6) is 5.75 Å². The molecule has 0 aromatic heterocycles. The molecule has 0 radical (unpaired) electrons. The highest BCUT2D eigenvalue weighted by molar-refractivity contribution is 5.85. The van der Waals surface area contributed by atoms with Crippen molar-refractivity contribution >= 4 is 24.8 Å².